The summed E-state index contributed by atoms with van der Waals surface area (Å²) in [5, 5.41) is 4.02. The van der Waals surface area contributed by atoms with E-state index in [2.05, 4.69) is 54.0 Å². The lowest BCUT2D eigenvalue weighted by Crippen LogP contribution is -2.37. The molecule has 1 aromatic carbocycles. The lowest BCUT2D eigenvalue weighted by atomic mass is 10.1. The van der Waals surface area contributed by atoms with Crippen molar-refractivity contribution in [3.8, 4) is 0 Å². The van der Waals surface area contributed by atoms with Gasteiger partial charge in [-0.25, -0.2) is 0 Å². The minimum absolute atomic E-state index is 0.802. The fourth-order valence-electron chi connectivity index (χ4n) is 2.47. The van der Waals surface area contributed by atoms with Crippen molar-refractivity contribution in [2.45, 2.75) is 32.1 Å². The Morgan fingerprint density at radius 2 is 2.28 bits per heavy atom. The third kappa shape index (κ3) is 3.21. The molecule has 1 aromatic rings. The number of anilines is 1. The molecule has 3 heteroatoms. The first kappa shape index (κ1) is 13.8. The summed E-state index contributed by atoms with van der Waals surface area (Å²) in [6.07, 6.45) is 1.28. The zero-order valence-electron chi connectivity index (χ0n) is 11.7. The van der Waals surface area contributed by atoms with Crippen LogP contribution in [0.15, 0.2) is 18.2 Å². The van der Waals surface area contributed by atoms with Gasteiger partial charge in [0, 0.05) is 36.3 Å². The first-order chi connectivity index (χ1) is 8.74. The number of aryl methyl sites for hydroxylation is 1. The highest BCUT2D eigenvalue weighted by molar-refractivity contribution is 8.00. The maximum absolute atomic E-state index is 3.22. The second-order valence-corrected chi connectivity index (χ2v) is 6.40. The molecule has 18 heavy (non-hydrogen) atoms. The molecule has 0 bridgehead atoms. The van der Waals surface area contributed by atoms with Crippen LogP contribution in [0.5, 0.6) is 0 Å². The van der Waals surface area contributed by atoms with Crippen molar-refractivity contribution in [1.82, 2.24) is 5.32 Å². The average Bonchev–Trinajstić information content (AvgIpc) is 2.41. The van der Waals surface area contributed by atoms with E-state index >= 15 is 0 Å². The topological polar surface area (TPSA) is 15.3 Å². The standard InChI is InChI=1S/C15H24N2S/c1-4-15-11-17(7-8-18-15)14-6-5-13(10-16-3)12(2)9-14/h5-6,9,15-16H,4,7-8,10-11H2,1-3H3. The van der Waals surface area contributed by atoms with Gasteiger partial charge in [0.25, 0.3) is 0 Å². The largest absolute Gasteiger partial charge is 0.370 e. The van der Waals surface area contributed by atoms with E-state index in [0.717, 1.165) is 11.8 Å². The fourth-order valence-corrected chi connectivity index (χ4v) is 3.65. The molecule has 0 saturated carbocycles. The Balaban J connectivity index is 2.10. The molecule has 0 aliphatic carbocycles. The van der Waals surface area contributed by atoms with Gasteiger partial charge in [-0.2, -0.15) is 11.8 Å². The summed E-state index contributed by atoms with van der Waals surface area (Å²) >= 11 is 2.13. The summed E-state index contributed by atoms with van der Waals surface area (Å²) in [6.45, 7) is 7.85. The van der Waals surface area contributed by atoms with Crippen LogP contribution < -0.4 is 10.2 Å². The number of nitrogens with one attached hydrogen (secondary N) is 1. The summed E-state index contributed by atoms with van der Waals surface area (Å²) in [7, 11) is 2.00. The quantitative estimate of drug-likeness (QED) is 0.900. The van der Waals surface area contributed by atoms with E-state index in [-0.39, 0.29) is 0 Å². The number of nitrogens with zero attached hydrogens (tertiary/aromatic N) is 1. The van der Waals surface area contributed by atoms with Crippen LogP contribution in [0, 0.1) is 6.92 Å². The minimum Gasteiger partial charge on any atom is -0.370 e. The summed E-state index contributed by atoms with van der Waals surface area (Å²) in [5.41, 5.74) is 4.19. The molecule has 1 fully saturated rings. The predicted octanol–water partition coefficient (Wildman–Crippen LogP) is 3.05. The first-order valence-corrected chi connectivity index (χ1v) is 7.90. The zero-order valence-corrected chi connectivity index (χ0v) is 12.5. The Morgan fingerprint density at radius 3 is 2.94 bits per heavy atom. The van der Waals surface area contributed by atoms with Crippen LogP contribution in [0.3, 0.4) is 0 Å². The van der Waals surface area contributed by atoms with E-state index in [9.17, 15) is 0 Å². The van der Waals surface area contributed by atoms with Crippen LogP contribution in [-0.4, -0.2) is 31.1 Å². The maximum Gasteiger partial charge on any atom is 0.0369 e. The zero-order chi connectivity index (χ0) is 13.0. The van der Waals surface area contributed by atoms with Gasteiger partial charge in [-0.05, 0) is 43.7 Å². The Labute approximate surface area is 115 Å². The molecule has 0 aromatic heterocycles. The van der Waals surface area contributed by atoms with Gasteiger partial charge in [0.15, 0.2) is 0 Å². The van der Waals surface area contributed by atoms with E-state index in [1.165, 1.54) is 42.1 Å². The molecular formula is C15H24N2S. The molecular weight excluding hydrogens is 240 g/mol. The van der Waals surface area contributed by atoms with E-state index < -0.39 is 0 Å². The molecule has 0 amide bonds. The lowest BCUT2D eigenvalue weighted by Gasteiger charge is -2.34. The molecule has 1 aliphatic heterocycles. The van der Waals surface area contributed by atoms with Crippen LogP contribution in [0.2, 0.25) is 0 Å². The Hall–Kier alpha value is -0.670. The maximum atomic E-state index is 3.22. The first-order valence-electron chi connectivity index (χ1n) is 6.85. The Morgan fingerprint density at radius 1 is 1.44 bits per heavy atom. The number of hydrogen-bond donors (Lipinski definition) is 1. The third-order valence-electron chi connectivity index (χ3n) is 3.65. The molecule has 100 valence electrons. The van der Waals surface area contributed by atoms with E-state index in [0.29, 0.717) is 0 Å². The molecule has 1 atom stereocenters. The second kappa shape index (κ2) is 6.48. The van der Waals surface area contributed by atoms with Gasteiger partial charge in [0.1, 0.15) is 0 Å². The number of hydrogen-bond acceptors (Lipinski definition) is 3. The highest BCUT2D eigenvalue weighted by atomic mass is 32.2. The minimum atomic E-state index is 0.802. The van der Waals surface area contributed by atoms with Crippen molar-refractivity contribution in [3.63, 3.8) is 0 Å². The normalized spacial score (nSPS) is 20.2. The van der Waals surface area contributed by atoms with Crippen LogP contribution >= 0.6 is 11.8 Å². The van der Waals surface area contributed by atoms with Crippen LogP contribution in [0.4, 0.5) is 5.69 Å². The smallest absolute Gasteiger partial charge is 0.0369 e. The fraction of sp³-hybridized carbons (Fsp3) is 0.600. The Kier molecular flexibility index (Phi) is 4.95. The van der Waals surface area contributed by atoms with Gasteiger partial charge in [-0.3, -0.25) is 0 Å². The van der Waals surface area contributed by atoms with Crippen LogP contribution in [-0.2, 0) is 6.54 Å². The van der Waals surface area contributed by atoms with Crippen molar-refractivity contribution >= 4 is 17.4 Å². The monoisotopic (exact) mass is 264 g/mol. The van der Waals surface area contributed by atoms with Crippen molar-refractivity contribution < 1.29 is 0 Å². The molecule has 1 heterocycles. The second-order valence-electron chi connectivity index (χ2n) is 4.99. The van der Waals surface area contributed by atoms with Crippen molar-refractivity contribution in [2.24, 2.45) is 0 Å². The molecule has 1 unspecified atom stereocenters. The molecule has 2 nitrogen and oxygen atoms in total. The van der Waals surface area contributed by atoms with E-state index in [1.807, 2.05) is 7.05 Å². The van der Waals surface area contributed by atoms with Gasteiger partial charge in [-0.15, -0.1) is 0 Å². The number of thioether (sulfide) groups is 1. The molecule has 0 radical (unpaired) electrons. The third-order valence-corrected chi connectivity index (χ3v) is 5.02. The van der Waals surface area contributed by atoms with Crippen LogP contribution in [0.25, 0.3) is 0 Å². The van der Waals surface area contributed by atoms with Gasteiger partial charge >= 0.3 is 0 Å². The molecule has 1 saturated heterocycles. The van der Waals surface area contributed by atoms with E-state index in [4.69, 9.17) is 0 Å². The van der Waals surface area contributed by atoms with Crippen molar-refractivity contribution in [3.05, 3.63) is 29.3 Å². The summed E-state index contributed by atoms with van der Waals surface area (Å²) in [5.74, 6) is 1.26. The van der Waals surface area contributed by atoms with Crippen molar-refractivity contribution in [2.75, 3.05) is 30.8 Å². The SMILES string of the molecule is CCC1CN(c2ccc(CNC)c(C)c2)CCS1. The average molecular weight is 264 g/mol. The molecule has 0 spiro atoms. The van der Waals surface area contributed by atoms with Gasteiger partial charge in [0.05, 0.1) is 0 Å². The molecule has 2 rings (SSSR count). The molecule has 1 N–H and O–H groups in total. The Bertz CT molecular complexity index is 392. The number of benzene rings is 1. The highest BCUT2D eigenvalue weighted by Gasteiger charge is 2.19. The predicted molar refractivity (Wildman–Crippen MR) is 82.7 cm³/mol. The molecule has 1 aliphatic rings. The lowest BCUT2D eigenvalue weighted by molar-refractivity contribution is 0.727. The summed E-state index contributed by atoms with van der Waals surface area (Å²) < 4.78 is 0. The van der Waals surface area contributed by atoms with Crippen molar-refractivity contribution in [1.29, 1.82) is 0 Å². The van der Waals surface area contributed by atoms with E-state index in [1.54, 1.807) is 0 Å². The highest BCUT2D eigenvalue weighted by Crippen LogP contribution is 2.27. The summed E-state index contributed by atoms with van der Waals surface area (Å²) in [6, 6.07) is 6.89. The van der Waals surface area contributed by atoms with Gasteiger partial charge < -0.3 is 10.2 Å². The number of rotatable bonds is 4. The van der Waals surface area contributed by atoms with Crippen LogP contribution in [0.1, 0.15) is 24.5 Å². The van der Waals surface area contributed by atoms with Gasteiger partial charge in [-0.1, -0.05) is 13.0 Å². The van der Waals surface area contributed by atoms with Gasteiger partial charge in [0.2, 0.25) is 0 Å². The summed E-state index contributed by atoms with van der Waals surface area (Å²) in [4.78, 5) is 2.54.